The highest BCUT2D eigenvalue weighted by atomic mass is 35.5. The first-order valence-electron chi connectivity index (χ1n) is 8.91. The first-order valence-corrected chi connectivity index (χ1v) is 9.29. The van der Waals surface area contributed by atoms with E-state index in [4.69, 9.17) is 16.6 Å². The highest BCUT2D eigenvalue weighted by Crippen LogP contribution is 2.45. The second-order valence-electron chi connectivity index (χ2n) is 7.51. The molecule has 0 amide bonds. The van der Waals surface area contributed by atoms with Crippen LogP contribution in [0.15, 0.2) is 6.20 Å². The van der Waals surface area contributed by atoms with E-state index < -0.39 is 0 Å². The zero-order chi connectivity index (χ0) is 16.4. The van der Waals surface area contributed by atoms with Gasteiger partial charge in [0.05, 0.1) is 11.4 Å². The number of aromatic nitrogens is 4. The Balaban J connectivity index is 1.47. The van der Waals surface area contributed by atoms with Crippen molar-refractivity contribution in [3.8, 4) is 0 Å². The molecule has 1 saturated heterocycles. The van der Waals surface area contributed by atoms with E-state index in [1.54, 1.807) is 4.68 Å². The van der Waals surface area contributed by atoms with Crippen molar-refractivity contribution in [3.05, 3.63) is 39.7 Å². The first kappa shape index (κ1) is 14.8. The van der Waals surface area contributed by atoms with Gasteiger partial charge in [0, 0.05) is 55.3 Å². The van der Waals surface area contributed by atoms with Crippen molar-refractivity contribution < 1.29 is 0 Å². The number of halogens is 1. The summed E-state index contributed by atoms with van der Waals surface area (Å²) in [5.74, 6) is 1.70. The van der Waals surface area contributed by atoms with Crippen LogP contribution in [0.25, 0.3) is 0 Å². The lowest BCUT2D eigenvalue weighted by molar-refractivity contribution is 0.165. The summed E-state index contributed by atoms with van der Waals surface area (Å²) in [7, 11) is 1.91. The summed E-state index contributed by atoms with van der Waals surface area (Å²) in [5, 5.41) is 5.22. The van der Waals surface area contributed by atoms with E-state index in [1.165, 1.54) is 36.9 Å². The molecule has 5 rings (SSSR count). The van der Waals surface area contributed by atoms with Crippen LogP contribution < -0.4 is 0 Å². The maximum absolute atomic E-state index is 6.46. The van der Waals surface area contributed by atoms with E-state index in [9.17, 15) is 0 Å². The van der Waals surface area contributed by atoms with Gasteiger partial charge in [-0.05, 0) is 32.6 Å². The number of aryl methyl sites for hydroxylation is 2. The molecule has 0 radical (unpaired) electrons. The Hall–Kier alpha value is -1.46. The quantitative estimate of drug-likeness (QED) is 0.857. The van der Waals surface area contributed by atoms with Gasteiger partial charge in [-0.3, -0.25) is 9.58 Å². The molecule has 24 heavy (non-hydrogen) atoms. The minimum atomic E-state index is 0.433. The lowest BCUT2D eigenvalue weighted by atomic mass is 9.98. The molecule has 2 fully saturated rings. The maximum atomic E-state index is 6.46. The van der Waals surface area contributed by atoms with Crippen LogP contribution in [0.5, 0.6) is 0 Å². The molecule has 0 unspecified atom stereocenters. The SMILES string of the molecule is Cc1nn(C)c(Cl)c1CN1[C@@H]2CC[C@@H]1c1cnc(C3CC3)nc1C2. The molecule has 2 atom stereocenters. The van der Waals surface area contributed by atoms with Gasteiger partial charge in [0.1, 0.15) is 11.0 Å². The van der Waals surface area contributed by atoms with Crippen molar-refractivity contribution in [1.82, 2.24) is 24.6 Å². The molecular weight excluding hydrogens is 322 g/mol. The Kier molecular flexibility index (Phi) is 3.26. The van der Waals surface area contributed by atoms with Crippen LogP contribution in [0.4, 0.5) is 0 Å². The van der Waals surface area contributed by atoms with Gasteiger partial charge >= 0.3 is 0 Å². The van der Waals surface area contributed by atoms with Crippen LogP contribution in [0, 0.1) is 6.92 Å². The molecule has 5 nitrogen and oxygen atoms in total. The molecule has 2 aromatic rings. The topological polar surface area (TPSA) is 46.8 Å². The molecule has 0 aromatic carbocycles. The van der Waals surface area contributed by atoms with Crippen LogP contribution in [-0.4, -0.2) is 30.7 Å². The summed E-state index contributed by atoms with van der Waals surface area (Å²) in [6.07, 6.45) is 8.10. The Morgan fingerprint density at radius 2 is 2.08 bits per heavy atom. The molecule has 1 saturated carbocycles. The summed E-state index contributed by atoms with van der Waals surface area (Å²) in [6.45, 7) is 2.92. The van der Waals surface area contributed by atoms with E-state index in [0.717, 1.165) is 35.2 Å². The summed E-state index contributed by atoms with van der Waals surface area (Å²) in [6, 6.07) is 1.00. The van der Waals surface area contributed by atoms with E-state index in [-0.39, 0.29) is 0 Å². The fourth-order valence-corrected chi connectivity index (χ4v) is 4.64. The van der Waals surface area contributed by atoms with Crippen molar-refractivity contribution in [3.63, 3.8) is 0 Å². The lowest BCUT2D eigenvalue weighted by Gasteiger charge is -2.35. The normalized spacial score (nSPS) is 26.0. The van der Waals surface area contributed by atoms with E-state index >= 15 is 0 Å². The monoisotopic (exact) mass is 343 g/mol. The van der Waals surface area contributed by atoms with E-state index in [1.807, 2.05) is 14.0 Å². The smallest absolute Gasteiger partial charge is 0.131 e. The molecule has 1 aliphatic carbocycles. The summed E-state index contributed by atoms with van der Waals surface area (Å²) >= 11 is 6.46. The van der Waals surface area contributed by atoms with Crippen LogP contribution in [0.2, 0.25) is 5.15 Å². The minimum Gasteiger partial charge on any atom is -0.288 e. The zero-order valence-electron chi connectivity index (χ0n) is 14.2. The number of nitrogens with zero attached hydrogens (tertiary/aromatic N) is 5. The van der Waals surface area contributed by atoms with Crippen molar-refractivity contribution in [2.45, 2.75) is 63.6 Å². The largest absolute Gasteiger partial charge is 0.288 e. The highest BCUT2D eigenvalue weighted by Gasteiger charge is 2.42. The fourth-order valence-electron chi connectivity index (χ4n) is 4.41. The molecule has 2 bridgehead atoms. The van der Waals surface area contributed by atoms with E-state index in [0.29, 0.717) is 18.0 Å². The van der Waals surface area contributed by atoms with Gasteiger partial charge in [-0.2, -0.15) is 5.10 Å². The molecule has 2 aliphatic heterocycles. The molecule has 4 heterocycles. The van der Waals surface area contributed by atoms with Crippen LogP contribution >= 0.6 is 11.6 Å². The lowest BCUT2D eigenvalue weighted by Crippen LogP contribution is -2.37. The minimum absolute atomic E-state index is 0.433. The predicted molar refractivity (Wildman–Crippen MR) is 92.0 cm³/mol. The maximum Gasteiger partial charge on any atom is 0.131 e. The molecular formula is C18H22ClN5. The highest BCUT2D eigenvalue weighted by molar-refractivity contribution is 6.30. The Bertz CT molecular complexity index is 810. The number of hydrogen-bond donors (Lipinski definition) is 0. The average Bonchev–Trinajstić information content (AvgIpc) is 3.33. The third-order valence-corrected chi connectivity index (χ3v) is 6.38. The Morgan fingerprint density at radius 1 is 1.25 bits per heavy atom. The number of hydrogen-bond acceptors (Lipinski definition) is 4. The second kappa shape index (κ2) is 5.27. The van der Waals surface area contributed by atoms with Gasteiger partial charge < -0.3 is 0 Å². The Morgan fingerprint density at radius 3 is 2.79 bits per heavy atom. The summed E-state index contributed by atoms with van der Waals surface area (Å²) < 4.78 is 1.77. The third-order valence-electron chi connectivity index (χ3n) is 5.90. The Labute approximate surface area is 147 Å². The van der Waals surface area contributed by atoms with Crippen LogP contribution in [0.3, 0.4) is 0 Å². The predicted octanol–water partition coefficient (Wildman–Crippen LogP) is 3.31. The molecule has 6 heteroatoms. The van der Waals surface area contributed by atoms with Gasteiger partial charge in [0.2, 0.25) is 0 Å². The second-order valence-corrected chi connectivity index (χ2v) is 7.86. The van der Waals surface area contributed by atoms with Gasteiger partial charge in [-0.15, -0.1) is 0 Å². The first-order chi connectivity index (χ1) is 11.6. The molecule has 2 aromatic heterocycles. The van der Waals surface area contributed by atoms with Crippen molar-refractivity contribution in [1.29, 1.82) is 0 Å². The van der Waals surface area contributed by atoms with Gasteiger partial charge in [0.15, 0.2) is 0 Å². The number of fused-ring (bicyclic) bond motifs is 4. The van der Waals surface area contributed by atoms with Gasteiger partial charge in [-0.25, -0.2) is 9.97 Å². The molecule has 0 spiro atoms. The zero-order valence-corrected chi connectivity index (χ0v) is 14.9. The fraction of sp³-hybridized carbons (Fsp3) is 0.611. The van der Waals surface area contributed by atoms with Crippen molar-refractivity contribution >= 4 is 11.6 Å². The molecule has 3 aliphatic rings. The van der Waals surface area contributed by atoms with Crippen LogP contribution in [-0.2, 0) is 20.0 Å². The summed E-state index contributed by atoms with van der Waals surface area (Å²) in [5.41, 5.74) is 4.83. The van der Waals surface area contributed by atoms with Gasteiger partial charge in [0.25, 0.3) is 0 Å². The molecule has 126 valence electrons. The third kappa shape index (κ3) is 2.21. The van der Waals surface area contributed by atoms with Crippen LogP contribution in [0.1, 0.15) is 66.0 Å². The van der Waals surface area contributed by atoms with Crippen molar-refractivity contribution in [2.24, 2.45) is 7.05 Å². The van der Waals surface area contributed by atoms with E-state index in [2.05, 4.69) is 21.2 Å². The standard InChI is InChI=1S/C18H22ClN5/c1-10-14(17(19)23(2)22-10)9-24-12-5-6-16(24)13-8-20-18(11-3-4-11)21-15(13)7-12/h8,11-12,16H,3-7,9H2,1-2H3/t12-,16-/m1/s1. The average molecular weight is 344 g/mol. The molecule has 0 N–H and O–H groups in total. The number of rotatable bonds is 3. The van der Waals surface area contributed by atoms with Crippen molar-refractivity contribution in [2.75, 3.05) is 0 Å². The van der Waals surface area contributed by atoms with Gasteiger partial charge in [-0.1, -0.05) is 11.6 Å². The summed E-state index contributed by atoms with van der Waals surface area (Å²) in [4.78, 5) is 12.2.